The topological polar surface area (TPSA) is 225 Å². The van der Waals surface area contributed by atoms with E-state index in [-0.39, 0.29) is 5.48 Å². The van der Waals surface area contributed by atoms with Crippen molar-refractivity contribution >= 4 is 44.0 Å². The summed E-state index contributed by atoms with van der Waals surface area (Å²) in [6.45, 7) is 0. The van der Waals surface area contributed by atoms with E-state index in [4.69, 9.17) is 5.53 Å². The Bertz CT molecular complexity index is 1300. The lowest BCUT2D eigenvalue weighted by Gasteiger charge is -2.32. The molecule has 0 bridgehead atoms. The van der Waals surface area contributed by atoms with Gasteiger partial charge in [0.2, 0.25) is 0 Å². The Morgan fingerprint density at radius 3 is 1.17 bits per heavy atom. The summed E-state index contributed by atoms with van der Waals surface area (Å²) in [5.74, 6) is -0.439. The maximum absolute atomic E-state index is 12.7. The fourth-order valence-corrected chi connectivity index (χ4v) is 16.6. The fraction of sp³-hybridized carbons (Fsp3) is 0.962. The molecule has 0 aromatic carbocycles. The first-order chi connectivity index (χ1) is 19.2. The molecule has 0 heterocycles. The van der Waals surface area contributed by atoms with Crippen molar-refractivity contribution in [2.45, 2.75) is 149 Å². The summed E-state index contributed by atoms with van der Waals surface area (Å²) in [5.41, 5.74) is 9.09. The molecule has 12 nitrogen and oxygen atoms in total. The molecule has 0 radical (unpaired) electrons. The van der Waals surface area contributed by atoms with Gasteiger partial charge in [-0.05, 0) is 57.3 Å². The minimum Gasteiger partial charge on any atom is -0.412 e. The molecule has 0 aliphatic heterocycles. The van der Waals surface area contributed by atoms with Gasteiger partial charge in [0.15, 0.2) is 14.4 Å². The van der Waals surface area contributed by atoms with Gasteiger partial charge in [0, 0.05) is 0 Å². The molecule has 4 aliphatic rings. The maximum Gasteiger partial charge on any atom is 0.495 e. The van der Waals surface area contributed by atoms with Gasteiger partial charge < -0.3 is 11.0 Å². The second-order valence-electron chi connectivity index (χ2n) is 12.1. The zero-order chi connectivity index (χ0) is 30.3. The molecule has 1 unspecified atom stereocenters. The monoisotopic (exact) mass is 676 g/mol. The highest BCUT2D eigenvalue weighted by Gasteiger charge is 2.50. The van der Waals surface area contributed by atoms with Crippen LogP contribution in [-0.2, 0) is 39.6 Å². The van der Waals surface area contributed by atoms with E-state index in [2.05, 4.69) is 4.79 Å². The molecule has 42 heavy (non-hydrogen) atoms. The van der Waals surface area contributed by atoms with Gasteiger partial charge in [-0.2, -0.15) is 8.42 Å². The highest BCUT2D eigenvalue weighted by molar-refractivity contribution is 8.31. The molecular weight excluding hydrogens is 629 g/mol. The smallest absolute Gasteiger partial charge is 0.412 e. The first kappa shape index (κ1) is 37.3. The van der Waals surface area contributed by atoms with Crippen LogP contribution in [0.5, 0.6) is 0 Å². The molecule has 16 heteroatoms. The summed E-state index contributed by atoms with van der Waals surface area (Å²) in [6.07, 6.45) is 14.4. The van der Waals surface area contributed by atoms with Gasteiger partial charge in [-0.25, -0.2) is 25.3 Å². The Morgan fingerprint density at radius 1 is 0.548 bits per heavy atom. The van der Waals surface area contributed by atoms with Gasteiger partial charge in [0.05, 0.1) is 15.7 Å². The molecule has 246 valence electrons. The predicted octanol–water partition coefficient (Wildman–Crippen LogP) is 3.77. The maximum atomic E-state index is 12.7. The Hall–Kier alpha value is -0.900. The normalized spacial score (nSPS) is 23.5. The molecule has 1 atom stereocenters. The third kappa shape index (κ3) is 9.07. The van der Waals surface area contributed by atoms with Crippen LogP contribution in [0.1, 0.15) is 128 Å². The first-order valence-corrected chi connectivity index (χ1v) is 21.3. The summed E-state index contributed by atoms with van der Waals surface area (Å²) in [4.78, 5) is 2.72. The standard InChI is InChI=1S/C13H22N2O4S2.C13H24O5S2.H2O/c14-15-13(20(16,17)11-7-3-1-4-8-11)21(18,19)12-9-5-2-6-10-12;14-19(15,12-9-5-2-6-10-12)13(20(16,17)18)11-7-3-1-4-8-11;/h11-12H,1-10H2;11-13H,1-10H2,(H,16,17,18);1H2. The SMILES string of the molecule is O.O=S(=O)(O)C(C1CCCCC1)S(=O)(=O)C1CCCCC1.[N-]=[N+]=C(S(=O)(=O)C1CCCCC1)S(=O)(=O)C1CCCCC1. The second-order valence-corrected chi connectivity index (χ2v) is 20.8. The van der Waals surface area contributed by atoms with Crippen molar-refractivity contribution < 1.29 is 48.5 Å². The highest BCUT2D eigenvalue weighted by Crippen LogP contribution is 2.37. The van der Waals surface area contributed by atoms with E-state index >= 15 is 0 Å². The molecule has 0 aromatic heterocycles. The van der Waals surface area contributed by atoms with Crippen molar-refractivity contribution in [1.29, 1.82) is 0 Å². The molecule has 4 saturated carbocycles. The minimum atomic E-state index is -4.56. The molecule has 0 spiro atoms. The zero-order valence-corrected chi connectivity index (χ0v) is 27.5. The molecular formula is C26H48N2O10S4. The largest absolute Gasteiger partial charge is 0.495 e. The van der Waals surface area contributed by atoms with Crippen LogP contribution in [0, 0.1) is 5.92 Å². The summed E-state index contributed by atoms with van der Waals surface area (Å²) < 4.78 is 106. The van der Waals surface area contributed by atoms with Crippen molar-refractivity contribution in [2.24, 2.45) is 5.92 Å². The Kier molecular flexibility index (Phi) is 14.1. The van der Waals surface area contributed by atoms with E-state index in [0.29, 0.717) is 51.4 Å². The zero-order valence-electron chi connectivity index (χ0n) is 24.3. The number of nitrogens with zero attached hydrogens (tertiary/aromatic N) is 2. The van der Waals surface area contributed by atoms with E-state index < -0.39 is 70.3 Å². The van der Waals surface area contributed by atoms with Crippen molar-refractivity contribution in [3.05, 3.63) is 5.53 Å². The second kappa shape index (κ2) is 15.9. The van der Waals surface area contributed by atoms with Crippen LogP contribution in [-0.4, -0.2) is 73.2 Å². The van der Waals surface area contributed by atoms with Gasteiger partial charge in [-0.1, -0.05) is 77.0 Å². The lowest BCUT2D eigenvalue weighted by atomic mass is 9.91. The lowest BCUT2D eigenvalue weighted by molar-refractivity contribution is 0.00359. The van der Waals surface area contributed by atoms with Crippen LogP contribution in [0.15, 0.2) is 0 Å². The van der Waals surface area contributed by atoms with Crippen molar-refractivity contribution in [3.8, 4) is 0 Å². The summed E-state index contributed by atoms with van der Waals surface area (Å²) >= 11 is 0. The summed E-state index contributed by atoms with van der Waals surface area (Å²) in [5, 5.41) is -2.05. The van der Waals surface area contributed by atoms with Crippen LogP contribution in [0.25, 0.3) is 5.53 Å². The first-order valence-electron chi connectivity index (χ1n) is 15.1. The van der Waals surface area contributed by atoms with E-state index in [1.807, 2.05) is 0 Å². The van der Waals surface area contributed by atoms with Crippen molar-refractivity contribution in [3.63, 3.8) is 0 Å². The number of hydrogen-bond acceptors (Lipinski definition) is 8. The third-order valence-corrected chi connectivity index (χ3v) is 19.4. The molecule has 4 aliphatic carbocycles. The molecule has 0 aromatic rings. The summed E-state index contributed by atoms with van der Waals surface area (Å²) in [6, 6.07) is 0. The van der Waals surface area contributed by atoms with Crippen LogP contribution < -0.4 is 0 Å². The quantitative estimate of drug-likeness (QED) is 0.142. The van der Waals surface area contributed by atoms with Gasteiger partial charge >= 0.3 is 4.38 Å². The van der Waals surface area contributed by atoms with Gasteiger partial charge in [0.25, 0.3) is 29.8 Å². The van der Waals surface area contributed by atoms with Crippen LogP contribution in [0.2, 0.25) is 0 Å². The molecule has 0 saturated heterocycles. The van der Waals surface area contributed by atoms with E-state index in [9.17, 15) is 38.2 Å². The van der Waals surface area contributed by atoms with Crippen LogP contribution >= 0.6 is 0 Å². The number of sulfone groups is 3. The third-order valence-electron chi connectivity index (χ3n) is 9.22. The van der Waals surface area contributed by atoms with E-state index in [0.717, 1.165) is 77.0 Å². The predicted molar refractivity (Wildman–Crippen MR) is 162 cm³/mol. The van der Waals surface area contributed by atoms with Gasteiger partial charge in [-0.15, -0.1) is 4.79 Å². The van der Waals surface area contributed by atoms with E-state index in [1.165, 1.54) is 0 Å². The van der Waals surface area contributed by atoms with Crippen molar-refractivity contribution in [2.75, 3.05) is 0 Å². The summed E-state index contributed by atoms with van der Waals surface area (Å²) in [7, 11) is -16.5. The van der Waals surface area contributed by atoms with Crippen LogP contribution in [0.4, 0.5) is 0 Å². The average molecular weight is 677 g/mol. The van der Waals surface area contributed by atoms with E-state index in [1.54, 1.807) is 0 Å². The molecule has 4 rings (SSSR count). The molecule has 3 N–H and O–H groups in total. The fourth-order valence-electron chi connectivity index (χ4n) is 6.98. The highest BCUT2D eigenvalue weighted by atomic mass is 32.3. The van der Waals surface area contributed by atoms with Crippen LogP contribution in [0.3, 0.4) is 0 Å². The van der Waals surface area contributed by atoms with Gasteiger partial charge in [-0.3, -0.25) is 4.55 Å². The number of rotatable bonds is 6. The molecule has 4 fully saturated rings. The Labute approximate surface area is 251 Å². The lowest BCUT2D eigenvalue weighted by Crippen LogP contribution is -2.43. The van der Waals surface area contributed by atoms with Crippen molar-refractivity contribution in [1.82, 2.24) is 0 Å². The molecule has 0 amide bonds. The van der Waals surface area contributed by atoms with Gasteiger partial charge in [0.1, 0.15) is 0 Å². The Balaban J connectivity index is 0.000000287. The Morgan fingerprint density at radius 2 is 0.857 bits per heavy atom. The number of hydrogen-bond donors (Lipinski definition) is 1. The average Bonchev–Trinajstić information content (AvgIpc) is 2.94. The minimum absolute atomic E-state index is 0.